The van der Waals surface area contributed by atoms with Gasteiger partial charge in [-0.05, 0) is 25.3 Å². The highest BCUT2D eigenvalue weighted by Crippen LogP contribution is 2.20. The Bertz CT molecular complexity index is 428. The summed E-state index contributed by atoms with van der Waals surface area (Å²) in [4.78, 5) is 13.7. The van der Waals surface area contributed by atoms with E-state index in [4.69, 9.17) is 0 Å². The number of benzene rings is 1. The van der Waals surface area contributed by atoms with Crippen LogP contribution in [0.5, 0.6) is 0 Å². The van der Waals surface area contributed by atoms with Crippen molar-refractivity contribution in [3.8, 4) is 0 Å². The number of nitrogens with zero attached hydrogens (tertiary/aromatic N) is 1. The number of aliphatic hydroxyl groups excluding tert-OH is 1. The lowest BCUT2D eigenvalue weighted by Gasteiger charge is -2.29. The van der Waals surface area contributed by atoms with E-state index in [2.05, 4.69) is 13.0 Å². The molecule has 1 aromatic carbocycles. The first-order valence-electron chi connectivity index (χ1n) is 7.21. The van der Waals surface area contributed by atoms with Crippen molar-refractivity contribution in [3.63, 3.8) is 0 Å². The molecule has 1 N–H and O–H groups in total. The van der Waals surface area contributed by atoms with Crippen LogP contribution in [0.15, 0.2) is 42.5 Å². The van der Waals surface area contributed by atoms with E-state index < -0.39 is 6.10 Å². The van der Waals surface area contributed by atoms with Crippen molar-refractivity contribution in [2.45, 2.75) is 45.3 Å². The van der Waals surface area contributed by atoms with Gasteiger partial charge in [0.2, 0.25) is 5.91 Å². The molecule has 2 atom stereocenters. The van der Waals surface area contributed by atoms with Gasteiger partial charge in [-0.25, -0.2) is 0 Å². The van der Waals surface area contributed by atoms with E-state index in [0.29, 0.717) is 6.42 Å². The monoisotopic (exact) mass is 275 g/mol. The van der Waals surface area contributed by atoms with Crippen molar-refractivity contribution in [2.24, 2.45) is 0 Å². The first-order valence-corrected chi connectivity index (χ1v) is 7.21. The van der Waals surface area contributed by atoms with E-state index in [1.807, 2.05) is 43.3 Å². The predicted octanol–water partition coefficient (Wildman–Crippen LogP) is 3.31. The fraction of sp³-hybridized carbons (Fsp3) is 0.471. The van der Waals surface area contributed by atoms with Crippen molar-refractivity contribution < 1.29 is 9.90 Å². The smallest absolute Gasteiger partial charge is 0.222 e. The molecule has 0 unspecified atom stereocenters. The summed E-state index contributed by atoms with van der Waals surface area (Å²) in [6.07, 6.45) is 5.67. The number of rotatable bonds is 7. The van der Waals surface area contributed by atoms with Crippen LogP contribution in [0.4, 0.5) is 0 Å². The molecule has 20 heavy (non-hydrogen) atoms. The van der Waals surface area contributed by atoms with Gasteiger partial charge in [0.1, 0.15) is 0 Å². The van der Waals surface area contributed by atoms with Crippen LogP contribution in [0, 0.1) is 0 Å². The van der Waals surface area contributed by atoms with Crippen LogP contribution in [0.25, 0.3) is 0 Å². The molecule has 0 aromatic heterocycles. The maximum Gasteiger partial charge on any atom is 0.222 e. The van der Waals surface area contributed by atoms with Crippen molar-refractivity contribution in [1.29, 1.82) is 0 Å². The summed E-state index contributed by atoms with van der Waals surface area (Å²) in [6, 6.07) is 9.22. The lowest BCUT2D eigenvalue weighted by atomic mass is 10.0. The van der Waals surface area contributed by atoms with E-state index >= 15 is 0 Å². The average molecular weight is 275 g/mol. The number of allylic oxidation sites excluding steroid dienone is 2. The third-order valence-corrected chi connectivity index (χ3v) is 3.53. The highest BCUT2D eigenvalue weighted by molar-refractivity contribution is 5.76. The lowest BCUT2D eigenvalue weighted by molar-refractivity contribution is -0.133. The zero-order valence-electron chi connectivity index (χ0n) is 12.6. The molecule has 0 spiro atoms. The number of carbonyl (C=O) groups is 1. The number of amides is 1. The Balaban J connectivity index is 2.55. The van der Waals surface area contributed by atoms with Crippen molar-refractivity contribution in [2.75, 3.05) is 7.05 Å². The molecule has 1 aromatic rings. The molecule has 1 rings (SSSR count). The SMILES string of the molecule is CCC=CCCC(=O)N(C)[C@H](C)[C@H](O)c1ccccc1. The Labute approximate surface area is 121 Å². The Morgan fingerprint density at radius 3 is 2.55 bits per heavy atom. The first-order chi connectivity index (χ1) is 9.57. The summed E-state index contributed by atoms with van der Waals surface area (Å²) in [6.45, 7) is 3.94. The summed E-state index contributed by atoms with van der Waals surface area (Å²) in [5, 5.41) is 10.3. The van der Waals surface area contributed by atoms with E-state index in [9.17, 15) is 9.90 Å². The topological polar surface area (TPSA) is 40.5 Å². The molecule has 3 heteroatoms. The first kappa shape index (κ1) is 16.4. The number of hydrogen-bond donors (Lipinski definition) is 1. The van der Waals surface area contributed by atoms with Gasteiger partial charge in [0.25, 0.3) is 0 Å². The Kier molecular flexibility index (Phi) is 7.02. The zero-order valence-corrected chi connectivity index (χ0v) is 12.6. The molecule has 0 bridgehead atoms. The van der Waals surface area contributed by atoms with Crippen molar-refractivity contribution in [3.05, 3.63) is 48.0 Å². The highest BCUT2D eigenvalue weighted by Gasteiger charge is 2.23. The molecule has 1 amide bonds. The third-order valence-electron chi connectivity index (χ3n) is 3.53. The van der Waals surface area contributed by atoms with Gasteiger partial charge < -0.3 is 10.0 Å². The molecule has 0 aliphatic rings. The van der Waals surface area contributed by atoms with Gasteiger partial charge in [0.05, 0.1) is 12.1 Å². The standard InChI is InChI=1S/C17H25NO2/c1-4-5-6-10-13-16(19)18(3)14(2)17(20)15-11-8-7-9-12-15/h5-9,11-12,14,17,20H,4,10,13H2,1-3H3/t14-,17+/m1/s1. The second kappa shape index (κ2) is 8.54. The molecular weight excluding hydrogens is 250 g/mol. The Hall–Kier alpha value is -1.61. The molecule has 0 heterocycles. The molecule has 0 saturated heterocycles. The van der Waals surface area contributed by atoms with Gasteiger partial charge in [0, 0.05) is 13.5 Å². The maximum absolute atomic E-state index is 12.1. The maximum atomic E-state index is 12.1. The van der Waals surface area contributed by atoms with Crippen LogP contribution in [0.1, 0.15) is 44.8 Å². The molecule has 0 fully saturated rings. The molecule has 3 nitrogen and oxygen atoms in total. The van der Waals surface area contributed by atoms with E-state index in [-0.39, 0.29) is 11.9 Å². The summed E-state index contributed by atoms with van der Waals surface area (Å²) in [5.41, 5.74) is 0.838. The minimum Gasteiger partial charge on any atom is -0.386 e. The van der Waals surface area contributed by atoms with Crippen LogP contribution >= 0.6 is 0 Å². The van der Waals surface area contributed by atoms with E-state index in [1.54, 1.807) is 11.9 Å². The number of hydrogen-bond acceptors (Lipinski definition) is 2. The van der Waals surface area contributed by atoms with Crippen LogP contribution in [-0.4, -0.2) is 29.0 Å². The molecule has 0 aliphatic carbocycles. The Morgan fingerprint density at radius 1 is 1.30 bits per heavy atom. The predicted molar refractivity (Wildman–Crippen MR) is 82.3 cm³/mol. The molecule has 0 radical (unpaired) electrons. The van der Waals surface area contributed by atoms with Crippen LogP contribution in [-0.2, 0) is 4.79 Å². The van der Waals surface area contributed by atoms with Crippen LogP contribution in [0.3, 0.4) is 0 Å². The van der Waals surface area contributed by atoms with Gasteiger partial charge in [-0.3, -0.25) is 4.79 Å². The van der Waals surface area contributed by atoms with Gasteiger partial charge in [-0.1, -0.05) is 49.4 Å². The summed E-state index contributed by atoms with van der Waals surface area (Å²) in [7, 11) is 1.75. The molecule has 0 aliphatic heterocycles. The second-order valence-corrected chi connectivity index (χ2v) is 5.02. The average Bonchev–Trinajstić information content (AvgIpc) is 2.50. The summed E-state index contributed by atoms with van der Waals surface area (Å²) >= 11 is 0. The lowest BCUT2D eigenvalue weighted by Crippen LogP contribution is -2.38. The van der Waals surface area contributed by atoms with Gasteiger partial charge in [0.15, 0.2) is 0 Å². The number of likely N-dealkylation sites (N-methyl/N-ethyl adjacent to an activating group) is 1. The Morgan fingerprint density at radius 2 is 1.95 bits per heavy atom. The second-order valence-electron chi connectivity index (χ2n) is 5.02. The zero-order chi connectivity index (χ0) is 15.0. The normalized spacial score (nSPS) is 14.2. The number of carbonyl (C=O) groups excluding carboxylic acids is 1. The molecule has 110 valence electrons. The fourth-order valence-corrected chi connectivity index (χ4v) is 2.04. The van der Waals surface area contributed by atoms with Crippen LogP contribution in [0.2, 0.25) is 0 Å². The van der Waals surface area contributed by atoms with Crippen LogP contribution < -0.4 is 0 Å². The van der Waals surface area contributed by atoms with E-state index in [0.717, 1.165) is 18.4 Å². The number of aliphatic hydroxyl groups is 1. The van der Waals surface area contributed by atoms with Gasteiger partial charge in [-0.15, -0.1) is 0 Å². The van der Waals surface area contributed by atoms with Gasteiger partial charge >= 0.3 is 0 Å². The van der Waals surface area contributed by atoms with Gasteiger partial charge in [-0.2, -0.15) is 0 Å². The van der Waals surface area contributed by atoms with Crippen molar-refractivity contribution in [1.82, 2.24) is 4.90 Å². The third kappa shape index (κ3) is 4.82. The minimum atomic E-state index is -0.656. The highest BCUT2D eigenvalue weighted by atomic mass is 16.3. The molecule has 0 saturated carbocycles. The molecular formula is C17H25NO2. The summed E-state index contributed by atoms with van der Waals surface area (Å²) < 4.78 is 0. The largest absolute Gasteiger partial charge is 0.386 e. The minimum absolute atomic E-state index is 0.0632. The summed E-state index contributed by atoms with van der Waals surface area (Å²) in [5.74, 6) is 0.0632. The van der Waals surface area contributed by atoms with Crippen molar-refractivity contribution >= 4 is 5.91 Å². The van der Waals surface area contributed by atoms with E-state index in [1.165, 1.54) is 0 Å². The quantitative estimate of drug-likeness (QED) is 0.776. The fourth-order valence-electron chi connectivity index (χ4n) is 2.04.